The van der Waals surface area contributed by atoms with Crippen molar-refractivity contribution in [3.63, 3.8) is 0 Å². The van der Waals surface area contributed by atoms with Crippen molar-refractivity contribution in [2.45, 2.75) is 63.3 Å². The molecule has 17 heteroatoms. The van der Waals surface area contributed by atoms with E-state index in [4.69, 9.17) is 9.84 Å². The Morgan fingerprint density at radius 2 is 1.12 bits per heavy atom. The maximum absolute atomic E-state index is 12.2. The standard InChI is InChI=1S/C26H36N4O12.Gd/c31-16-42-13-8-21(26(40)41)30-12-10-28(19(24(36)37)4-6-22(32)33)9-11-29(20(25(38)39)5-7-23(34)35)14-17-2-1-3-18(15-30)27-17;/h1-3,16,19-21H,4-15H2,(H,32,33)(H,34,35)(H,36,37)(H,38,39)(H,40,41);/q;+3/t19-,20-,21-;/m0./s1. The Kier molecular flexibility index (Phi) is 17.3. The molecule has 16 nitrogen and oxygen atoms in total. The Hall–Kier alpha value is -2.83. The Morgan fingerprint density at radius 1 is 0.721 bits per heavy atom. The molecule has 2 heterocycles. The van der Waals surface area contributed by atoms with Crippen LogP contribution in [0.4, 0.5) is 0 Å². The second kappa shape index (κ2) is 19.5. The van der Waals surface area contributed by atoms with Gasteiger partial charge in [-0.3, -0.25) is 48.5 Å². The normalized spacial score (nSPS) is 17.1. The molecule has 43 heavy (non-hydrogen) atoms. The van der Waals surface area contributed by atoms with Crippen LogP contribution in [0, 0.1) is 39.9 Å². The summed E-state index contributed by atoms with van der Waals surface area (Å²) in [6, 6.07) is 1.32. The van der Waals surface area contributed by atoms with Crippen molar-refractivity contribution < 1.29 is 99.0 Å². The maximum Gasteiger partial charge on any atom is 3.00 e. The number of ether oxygens (including phenoxy) is 1. The molecule has 2 bridgehead atoms. The first-order chi connectivity index (χ1) is 19.9. The van der Waals surface area contributed by atoms with Gasteiger partial charge in [-0.2, -0.15) is 0 Å². The molecule has 1 aromatic heterocycles. The third-order valence-electron chi connectivity index (χ3n) is 6.96. The number of carbonyl (C=O) groups is 6. The summed E-state index contributed by atoms with van der Waals surface area (Å²) in [5, 5.41) is 48.2. The molecule has 1 aliphatic heterocycles. The number of carboxylic acid groups (broad SMARTS) is 5. The Morgan fingerprint density at radius 3 is 1.51 bits per heavy atom. The monoisotopic (exact) mass is 754 g/mol. The molecule has 0 amide bonds. The molecule has 0 aliphatic carbocycles. The third kappa shape index (κ3) is 13.1. The number of fused-ring (bicyclic) bond motifs is 2. The molecule has 237 valence electrons. The number of hydrogen-bond acceptors (Lipinski definition) is 11. The summed E-state index contributed by atoms with van der Waals surface area (Å²) in [5.41, 5.74) is 0.873. The third-order valence-corrected chi connectivity index (χ3v) is 6.96. The van der Waals surface area contributed by atoms with Crippen LogP contribution in [-0.4, -0.2) is 132 Å². The molecule has 0 unspecified atom stereocenters. The van der Waals surface area contributed by atoms with E-state index in [0.29, 0.717) is 11.4 Å². The Balaban J connectivity index is 0.00000924. The van der Waals surface area contributed by atoms with Gasteiger partial charge in [-0.05, 0) is 25.0 Å². The Bertz CT molecular complexity index is 1120. The average Bonchev–Trinajstić information content (AvgIpc) is 2.90. The number of nitrogens with zero attached hydrogens (tertiary/aromatic N) is 4. The fourth-order valence-corrected chi connectivity index (χ4v) is 4.88. The molecule has 1 aliphatic rings. The second-order valence-corrected chi connectivity index (χ2v) is 9.78. The number of rotatable bonds is 16. The van der Waals surface area contributed by atoms with Crippen LogP contribution in [0.25, 0.3) is 0 Å². The minimum atomic E-state index is -1.30. The van der Waals surface area contributed by atoms with Gasteiger partial charge >= 0.3 is 69.8 Å². The van der Waals surface area contributed by atoms with Gasteiger partial charge in [-0.15, -0.1) is 0 Å². The van der Waals surface area contributed by atoms with Crippen LogP contribution in [0.1, 0.15) is 43.5 Å². The van der Waals surface area contributed by atoms with Gasteiger partial charge in [0.1, 0.15) is 18.1 Å². The van der Waals surface area contributed by atoms with Crippen molar-refractivity contribution in [2.24, 2.45) is 0 Å². The van der Waals surface area contributed by atoms with Crippen molar-refractivity contribution in [1.29, 1.82) is 0 Å². The molecule has 0 aromatic carbocycles. The van der Waals surface area contributed by atoms with Gasteiger partial charge < -0.3 is 30.3 Å². The zero-order chi connectivity index (χ0) is 31.2. The van der Waals surface area contributed by atoms with E-state index in [2.05, 4.69) is 4.98 Å². The van der Waals surface area contributed by atoms with Crippen molar-refractivity contribution in [3.8, 4) is 0 Å². The van der Waals surface area contributed by atoms with E-state index < -0.39 is 60.8 Å². The topological polar surface area (TPSA) is 235 Å². The molecule has 1 aromatic rings. The number of aliphatic carboxylic acids is 5. The molecule has 0 spiro atoms. The van der Waals surface area contributed by atoms with Crippen LogP contribution in [0.5, 0.6) is 0 Å². The predicted octanol–water partition coefficient (Wildman–Crippen LogP) is -0.346. The number of pyridine rings is 1. The molecule has 0 saturated heterocycles. The van der Waals surface area contributed by atoms with Gasteiger partial charge in [-0.25, -0.2) is 0 Å². The quantitative estimate of drug-likeness (QED) is 0.107. The number of carboxylic acids is 5. The minimum Gasteiger partial charge on any atom is -0.481 e. The van der Waals surface area contributed by atoms with Crippen LogP contribution in [0.3, 0.4) is 0 Å². The fraction of sp³-hybridized carbons (Fsp3) is 0.577. The van der Waals surface area contributed by atoms with E-state index in [-0.39, 0.29) is 112 Å². The van der Waals surface area contributed by atoms with Gasteiger partial charge in [0, 0.05) is 58.5 Å². The summed E-state index contributed by atoms with van der Waals surface area (Å²) in [6.45, 7) is -0.102. The average molecular weight is 754 g/mol. The van der Waals surface area contributed by atoms with E-state index >= 15 is 0 Å². The van der Waals surface area contributed by atoms with Crippen LogP contribution in [0.15, 0.2) is 18.2 Å². The van der Waals surface area contributed by atoms with Gasteiger partial charge in [0.05, 0.1) is 18.0 Å². The summed E-state index contributed by atoms with van der Waals surface area (Å²) >= 11 is 0. The molecule has 5 N–H and O–H groups in total. The number of carbonyl (C=O) groups excluding carboxylic acids is 1. The smallest absolute Gasteiger partial charge is 0.481 e. The second-order valence-electron chi connectivity index (χ2n) is 9.78. The summed E-state index contributed by atoms with van der Waals surface area (Å²) in [6.07, 6.45) is -1.41. The van der Waals surface area contributed by atoms with Crippen LogP contribution in [-0.2, 0) is 46.6 Å². The largest absolute Gasteiger partial charge is 3.00 e. The molecular formula is C26H36GdN4O12+3. The summed E-state index contributed by atoms with van der Waals surface area (Å²) < 4.78 is 4.70. The fourth-order valence-electron chi connectivity index (χ4n) is 4.88. The number of hydrogen-bond donors (Lipinski definition) is 5. The SMILES string of the molecule is O=COCC[C@@H](C(=O)O)N1CCN([C@@H](CCC(=O)O)C(=O)O)CCN([C@@H](CCC(=O)O)C(=O)O)Cc2cccc(n2)C1.[Gd+3]. The van der Waals surface area contributed by atoms with Crippen molar-refractivity contribution in [1.82, 2.24) is 19.7 Å². The van der Waals surface area contributed by atoms with Crippen molar-refractivity contribution in [2.75, 3.05) is 32.8 Å². The molecule has 2 rings (SSSR count). The van der Waals surface area contributed by atoms with Gasteiger partial charge in [-0.1, -0.05) is 6.07 Å². The van der Waals surface area contributed by atoms with Gasteiger partial charge in [0.15, 0.2) is 0 Å². The molecule has 0 fully saturated rings. The van der Waals surface area contributed by atoms with Gasteiger partial charge in [0.25, 0.3) is 6.47 Å². The summed E-state index contributed by atoms with van der Waals surface area (Å²) in [7, 11) is 0. The molecule has 3 atom stereocenters. The number of aromatic nitrogens is 1. The first-order valence-electron chi connectivity index (χ1n) is 13.3. The maximum atomic E-state index is 12.2. The predicted molar refractivity (Wildman–Crippen MR) is 141 cm³/mol. The van der Waals surface area contributed by atoms with Crippen LogP contribution < -0.4 is 0 Å². The van der Waals surface area contributed by atoms with E-state index in [1.165, 1.54) is 9.80 Å². The minimum absolute atomic E-state index is 0. The zero-order valence-corrected chi connectivity index (χ0v) is 25.5. The van der Waals surface area contributed by atoms with E-state index in [9.17, 15) is 49.2 Å². The summed E-state index contributed by atoms with van der Waals surface area (Å²) in [4.78, 5) is 78.8. The molecule has 0 saturated carbocycles. The van der Waals surface area contributed by atoms with Gasteiger partial charge in [0.2, 0.25) is 0 Å². The van der Waals surface area contributed by atoms with Crippen LogP contribution >= 0.6 is 0 Å². The molecular weight excluding hydrogens is 718 g/mol. The Labute approximate surface area is 279 Å². The van der Waals surface area contributed by atoms with E-state index in [0.717, 1.165) is 0 Å². The summed E-state index contributed by atoms with van der Waals surface area (Å²) in [5.74, 6) is -6.15. The molecule has 1 radical (unpaired) electrons. The first kappa shape index (κ1) is 38.2. The van der Waals surface area contributed by atoms with Crippen molar-refractivity contribution >= 4 is 36.3 Å². The zero-order valence-electron chi connectivity index (χ0n) is 23.3. The van der Waals surface area contributed by atoms with Crippen LogP contribution in [0.2, 0.25) is 0 Å². The van der Waals surface area contributed by atoms with E-state index in [1.807, 2.05) is 0 Å². The van der Waals surface area contributed by atoms with Crippen molar-refractivity contribution in [3.05, 3.63) is 29.6 Å². The first-order valence-corrected chi connectivity index (χ1v) is 13.3. The van der Waals surface area contributed by atoms with E-state index in [1.54, 1.807) is 23.1 Å².